The van der Waals surface area contributed by atoms with Gasteiger partial charge in [-0.25, -0.2) is 0 Å². The van der Waals surface area contributed by atoms with Crippen LogP contribution >= 0.6 is 0 Å². The van der Waals surface area contributed by atoms with E-state index in [9.17, 15) is 18.4 Å². The Kier molecular flexibility index (Phi) is 5.32. The van der Waals surface area contributed by atoms with E-state index in [1.807, 2.05) is 0 Å². The Morgan fingerprint density at radius 1 is 1.27 bits per heavy atom. The van der Waals surface area contributed by atoms with Gasteiger partial charge in [-0.05, 0) is 22.9 Å². The number of carbonyl (C=O) groups is 2. The summed E-state index contributed by atoms with van der Waals surface area (Å²) in [5.41, 5.74) is 0.0139. The van der Waals surface area contributed by atoms with E-state index in [1.165, 1.54) is 17.0 Å². The number of ether oxygens (including phenoxy) is 2. The Hall–Kier alpha value is -2.74. The Morgan fingerprint density at radius 3 is 2.62 bits per heavy atom. The van der Waals surface area contributed by atoms with Crippen molar-refractivity contribution in [3.63, 3.8) is 0 Å². The van der Waals surface area contributed by atoms with Gasteiger partial charge in [-0.3, -0.25) is 9.59 Å². The van der Waals surface area contributed by atoms with Gasteiger partial charge < -0.3 is 19.5 Å². The zero-order chi connectivity index (χ0) is 18.7. The number of hydrogen-bond acceptors (Lipinski definition) is 4. The fourth-order valence-corrected chi connectivity index (χ4v) is 2.97. The molecule has 0 aromatic heterocycles. The van der Waals surface area contributed by atoms with Crippen LogP contribution in [0.5, 0.6) is 5.75 Å². The van der Waals surface area contributed by atoms with Crippen molar-refractivity contribution < 1.29 is 33.0 Å². The van der Waals surface area contributed by atoms with Crippen LogP contribution < -0.4 is 4.74 Å². The number of alkyl halides is 2. The van der Waals surface area contributed by atoms with Gasteiger partial charge in [0.2, 0.25) is 0 Å². The second-order valence-electron chi connectivity index (χ2n) is 5.92. The van der Waals surface area contributed by atoms with E-state index in [1.54, 1.807) is 24.3 Å². The summed E-state index contributed by atoms with van der Waals surface area (Å²) in [7, 11) is 0. The molecule has 0 spiro atoms. The molecular weight excluding hydrogens is 348 g/mol. The van der Waals surface area contributed by atoms with E-state index in [2.05, 4.69) is 4.74 Å². The number of carboxylic acid groups (broad SMARTS) is 1. The van der Waals surface area contributed by atoms with Crippen LogP contribution in [0.2, 0.25) is 0 Å². The second-order valence-corrected chi connectivity index (χ2v) is 5.92. The number of carbonyl (C=O) groups excluding carboxylic acids is 1. The standard InChI is InChI=1S/C18H17F2NO5/c19-18(20)26-15-8-12-4-2-1-3-11(12)7-14(15)17(24)21-5-6-25-13(10-21)9-16(22)23/h1-4,7-8,13,18H,5-6,9-10H2,(H,22,23). The molecule has 1 heterocycles. The summed E-state index contributed by atoms with van der Waals surface area (Å²) in [5, 5.41) is 10.3. The molecule has 1 atom stereocenters. The van der Waals surface area contributed by atoms with E-state index in [0.717, 1.165) is 0 Å². The lowest BCUT2D eigenvalue weighted by atomic mass is 10.0. The highest BCUT2D eigenvalue weighted by atomic mass is 19.3. The summed E-state index contributed by atoms with van der Waals surface area (Å²) >= 11 is 0. The average molecular weight is 365 g/mol. The Bertz CT molecular complexity index is 826. The molecule has 0 bridgehead atoms. The number of benzene rings is 2. The lowest BCUT2D eigenvalue weighted by molar-refractivity contribution is -0.141. The lowest BCUT2D eigenvalue weighted by Crippen LogP contribution is -2.46. The number of rotatable bonds is 5. The van der Waals surface area contributed by atoms with Crippen molar-refractivity contribution in [2.75, 3.05) is 19.7 Å². The van der Waals surface area contributed by atoms with Crippen LogP contribution in [0, 0.1) is 0 Å². The zero-order valence-corrected chi connectivity index (χ0v) is 13.7. The fourth-order valence-electron chi connectivity index (χ4n) is 2.97. The molecular formula is C18H17F2NO5. The minimum atomic E-state index is -3.06. The third-order valence-electron chi connectivity index (χ3n) is 4.12. The topological polar surface area (TPSA) is 76.1 Å². The molecule has 6 nitrogen and oxygen atoms in total. The van der Waals surface area contributed by atoms with Gasteiger partial charge >= 0.3 is 12.6 Å². The SMILES string of the molecule is O=C(O)CC1CN(C(=O)c2cc3ccccc3cc2OC(F)F)CCO1. The van der Waals surface area contributed by atoms with Crippen molar-refractivity contribution in [2.45, 2.75) is 19.1 Å². The molecule has 1 N–H and O–H groups in total. The van der Waals surface area contributed by atoms with Gasteiger partial charge in [0.25, 0.3) is 5.91 Å². The van der Waals surface area contributed by atoms with Crippen molar-refractivity contribution in [3.8, 4) is 5.75 Å². The molecule has 2 aromatic carbocycles. The van der Waals surface area contributed by atoms with E-state index in [0.29, 0.717) is 10.8 Å². The Labute approximate surface area is 147 Å². The number of nitrogens with zero attached hydrogens (tertiary/aromatic N) is 1. The molecule has 0 saturated carbocycles. The fraction of sp³-hybridized carbons (Fsp3) is 0.333. The molecule has 2 aromatic rings. The lowest BCUT2D eigenvalue weighted by Gasteiger charge is -2.32. The number of aliphatic carboxylic acids is 1. The molecule has 1 saturated heterocycles. The first-order valence-electron chi connectivity index (χ1n) is 8.04. The first-order valence-corrected chi connectivity index (χ1v) is 8.04. The van der Waals surface area contributed by atoms with E-state index in [-0.39, 0.29) is 37.4 Å². The van der Waals surface area contributed by atoms with E-state index < -0.39 is 24.6 Å². The summed E-state index contributed by atoms with van der Waals surface area (Å²) in [5.74, 6) is -1.73. The minimum absolute atomic E-state index is 0.0139. The number of amides is 1. The Balaban J connectivity index is 1.91. The predicted octanol–water partition coefficient (Wildman–Crippen LogP) is 2.76. The summed E-state index contributed by atoms with van der Waals surface area (Å²) in [6.07, 6.45) is -0.868. The molecule has 26 heavy (non-hydrogen) atoms. The smallest absolute Gasteiger partial charge is 0.387 e. The van der Waals surface area contributed by atoms with Crippen LogP contribution in [0.4, 0.5) is 8.78 Å². The minimum Gasteiger partial charge on any atom is -0.481 e. The quantitative estimate of drug-likeness (QED) is 0.882. The first kappa shape index (κ1) is 18.1. The van der Waals surface area contributed by atoms with E-state index in [4.69, 9.17) is 9.84 Å². The Morgan fingerprint density at radius 2 is 1.96 bits per heavy atom. The summed E-state index contributed by atoms with van der Waals surface area (Å²) in [6, 6.07) is 9.96. The highest BCUT2D eigenvalue weighted by Gasteiger charge is 2.29. The summed E-state index contributed by atoms with van der Waals surface area (Å²) < 4.78 is 35.5. The van der Waals surface area contributed by atoms with Crippen molar-refractivity contribution >= 4 is 22.6 Å². The van der Waals surface area contributed by atoms with Gasteiger partial charge in [-0.2, -0.15) is 8.78 Å². The van der Waals surface area contributed by atoms with Crippen LogP contribution in [0.15, 0.2) is 36.4 Å². The van der Waals surface area contributed by atoms with Crippen molar-refractivity contribution in [1.82, 2.24) is 4.90 Å². The largest absolute Gasteiger partial charge is 0.481 e. The van der Waals surface area contributed by atoms with Gasteiger partial charge in [0.1, 0.15) is 5.75 Å². The van der Waals surface area contributed by atoms with Crippen LogP contribution in [0.3, 0.4) is 0 Å². The van der Waals surface area contributed by atoms with E-state index >= 15 is 0 Å². The van der Waals surface area contributed by atoms with Gasteiger partial charge in [0.15, 0.2) is 0 Å². The molecule has 3 rings (SSSR count). The number of morpholine rings is 1. The number of halogens is 2. The van der Waals surface area contributed by atoms with Gasteiger partial charge in [0, 0.05) is 13.1 Å². The van der Waals surface area contributed by atoms with Gasteiger partial charge in [-0.1, -0.05) is 24.3 Å². The third-order valence-corrected chi connectivity index (χ3v) is 4.12. The molecule has 138 valence electrons. The second kappa shape index (κ2) is 7.65. The van der Waals surface area contributed by atoms with Gasteiger partial charge in [0.05, 0.1) is 24.7 Å². The van der Waals surface area contributed by atoms with Crippen LogP contribution in [0.1, 0.15) is 16.8 Å². The van der Waals surface area contributed by atoms with Crippen molar-refractivity contribution in [2.24, 2.45) is 0 Å². The van der Waals surface area contributed by atoms with Crippen molar-refractivity contribution in [3.05, 3.63) is 42.0 Å². The van der Waals surface area contributed by atoms with Gasteiger partial charge in [-0.15, -0.1) is 0 Å². The zero-order valence-electron chi connectivity index (χ0n) is 13.7. The molecule has 0 radical (unpaired) electrons. The highest BCUT2D eigenvalue weighted by Crippen LogP contribution is 2.29. The maximum Gasteiger partial charge on any atom is 0.387 e. The van der Waals surface area contributed by atoms with Crippen LogP contribution in [-0.2, 0) is 9.53 Å². The van der Waals surface area contributed by atoms with Crippen molar-refractivity contribution in [1.29, 1.82) is 0 Å². The van der Waals surface area contributed by atoms with Crippen LogP contribution in [0.25, 0.3) is 10.8 Å². The number of carboxylic acids is 1. The number of fused-ring (bicyclic) bond motifs is 1. The molecule has 1 unspecified atom stereocenters. The molecule has 1 amide bonds. The molecule has 0 aliphatic carbocycles. The monoisotopic (exact) mass is 365 g/mol. The van der Waals surface area contributed by atoms with Crippen LogP contribution in [-0.4, -0.2) is 54.3 Å². The molecule has 1 fully saturated rings. The molecule has 8 heteroatoms. The highest BCUT2D eigenvalue weighted by molar-refractivity contribution is 6.01. The molecule has 1 aliphatic heterocycles. The first-order chi connectivity index (χ1) is 12.4. The predicted molar refractivity (Wildman–Crippen MR) is 88.5 cm³/mol. The normalized spacial score (nSPS) is 17.5. The third kappa shape index (κ3) is 4.08. The average Bonchev–Trinajstić information content (AvgIpc) is 2.59. The maximum absolute atomic E-state index is 12.9. The number of hydrogen-bond donors (Lipinski definition) is 1. The summed E-state index contributed by atoms with van der Waals surface area (Å²) in [4.78, 5) is 25.1. The summed E-state index contributed by atoms with van der Waals surface area (Å²) in [6.45, 7) is -2.56. The molecule has 1 aliphatic rings. The maximum atomic E-state index is 12.9.